The van der Waals surface area contributed by atoms with Crippen molar-refractivity contribution in [2.24, 2.45) is 0 Å². The first-order valence-electron chi connectivity index (χ1n) is 8.04. The quantitative estimate of drug-likeness (QED) is 0.709. The molecule has 3 aromatic rings. The van der Waals surface area contributed by atoms with Crippen LogP contribution < -0.4 is 5.32 Å². The summed E-state index contributed by atoms with van der Waals surface area (Å²) in [6.45, 7) is 2.17. The fourth-order valence-corrected chi connectivity index (χ4v) is 3.38. The van der Waals surface area contributed by atoms with E-state index in [4.69, 9.17) is 9.72 Å². The molecule has 0 spiro atoms. The van der Waals surface area contributed by atoms with Crippen molar-refractivity contribution < 1.29 is 9.53 Å². The highest BCUT2D eigenvalue weighted by Gasteiger charge is 2.22. The average Bonchev–Trinajstić information content (AvgIpc) is 3.31. The SMILES string of the molecule is CCOC(=O)c1cccc(-c2ccc3nc(NC4CC4)sc3n2)c1. The van der Waals surface area contributed by atoms with E-state index in [2.05, 4.69) is 10.3 Å². The lowest BCUT2D eigenvalue weighted by Gasteiger charge is -2.04. The maximum absolute atomic E-state index is 11.9. The summed E-state index contributed by atoms with van der Waals surface area (Å²) in [6.07, 6.45) is 2.44. The van der Waals surface area contributed by atoms with E-state index in [-0.39, 0.29) is 5.97 Å². The van der Waals surface area contributed by atoms with E-state index < -0.39 is 0 Å². The lowest BCUT2D eigenvalue weighted by atomic mass is 10.1. The number of rotatable bonds is 5. The molecule has 24 heavy (non-hydrogen) atoms. The van der Waals surface area contributed by atoms with Gasteiger partial charge >= 0.3 is 5.97 Å². The van der Waals surface area contributed by atoms with Gasteiger partial charge in [0.1, 0.15) is 10.3 Å². The summed E-state index contributed by atoms with van der Waals surface area (Å²) in [7, 11) is 0. The zero-order chi connectivity index (χ0) is 16.5. The van der Waals surface area contributed by atoms with E-state index in [0.717, 1.165) is 26.7 Å². The number of nitrogens with zero attached hydrogens (tertiary/aromatic N) is 2. The molecule has 6 heteroatoms. The second-order valence-electron chi connectivity index (χ2n) is 5.76. The Morgan fingerprint density at radius 2 is 2.17 bits per heavy atom. The van der Waals surface area contributed by atoms with Gasteiger partial charge < -0.3 is 10.1 Å². The Hall–Kier alpha value is -2.47. The number of hydrogen-bond donors (Lipinski definition) is 1. The van der Waals surface area contributed by atoms with Gasteiger partial charge in [-0.25, -0.2) is 14.8 Å². The topological polar surface area (TPSA) is 64.1 Å². The number of aromatic nitrogens is 2. The molecule has 1 N–H and O–H groups in total. The molecule has 4 rings (SSSR count). The Kier molecular flexibility index (Phi) is 3.90. The Morgan fingerprint density at radius 3 is 2.96 bits per heavy atom. The van der Waals surface area contributed by atoms with Crippen molar-refractivity contribution >= 4 is 32.8 Å². The van der Waals surface area contributed by atoms with Crippen LogP contribution >= 0.6 is 11.3 Å². The molecule has 5 nitrogen and oxygen atoms in total. The molecule has 1 fully saturated rings. The summed E-state index contributed by atoms with van der Waals surface area (Å²) < 4.78 is 5.06. The summed E-state index contributed by atoms with van der Waals surface area (Å²) in [5.41, 5.74) is 3.16. The molecule has 2 heterocycles. The van der Waals surface area contributed by atoms with Gasteiger partial charge in [-0.15, -0.1) is 0 Å². The summed E-state index contributed by atoms with van der Waals surface area (Å²) in [4.78, 5) is 22.1. The van der Waals surface area contributed by atoms with Crippen LogP contribution in [0, 0.1) is 0 Å². The molecule has 1 aliphatic rings. The van der Waals surface area contributed by atoms with E-state index in [0.29, 0.717) is 18.2 Å². The second kappa shape index (κ2) is 6.20. The normalized spacial score (nSPS) is 13.9. The van der Waals surface area contributed by atoms with Crippen LogP contribution in [0.15, 0.2) is 36.4 Å². The lowest BCUT2D eigenvalue weighted by molar-refractivity contribution is 0.0526. The van der Waals surface area contributed by atoms with Gasteiger partial charge in [-0.1, -0.05) is 23.5 Å². The maximum Gasteiger partial charge on any atom is 0.338 e. The molecule has 122 valence electrons. The monoisotopic (exact) mass is 339 g/mol. The third-order valence-corrected chi connectivity index (χ3v) is 4.73. The van der Waals surface area contributed by atoms with Gasteiger partial charge in [-0.3, -0.25) is 0 Å². The molecule has 0 amide bonds. The summed E-state index contributed by atoms with van der Waals surface area (Å²) in [5.74, 6) is -0.311. The van der Waals surface area contributed by atoms with Crippen molar-refractivity contribution in [2.45, 2.75) is 25.8 Å². The Morgan fingerprint density at radius 1 is 1.29 bits per heavy atom. The minimum atomic E-state index is -0.311. The van der Waals surface area contributed by atoms with Crippen LogP contribution in [-0.2, 0) is 4.74 Å². The van der Waals surface area contributed by atoms with Crippen LogP contribution in [0.25, 0.3) is 21.6 Å². The zero-order valence-corrected chi connectivity index (χ0v) is 14.1. The molecule has 1 aliphatic carbocycles. The smallest absolute Gasteiger partial charge is 0.338 e. The standard InChI is InChI=1S/C18H17N3O2S/c1-2-23-17(22)12-5-3-4-11(10-12)14-8-9-15-16(20-14)24-18(21-15)19-13-6-7-13/h3-5,8-10,13H,2,6-7H2,1H3,(H,19,21). The van der Waals surface area contributed by atoms with Gasteiger partial charge in [-0.05, 0) is 44.0 Å². The third kappa shape index (κ3) is 3.10. The number of fused-ring (bicyclic) bond motifs is 1. The van der Waals surface area contributed by atoms with Crippen LogP contribution in [-0.4, -0.2) is 28.6 Å². The second-order valence-corrected chi connectivity index (χ2v) is 6.74. The zero-order valence-electron chi connectivity index (χ0n) is 13.3. The molecule has 0 radical (unpaired) electrons. The van der Waals surface area contributed by atoms with Crippen LogP contribution in [0.5, 0.6) is 0 Å². The highest BCUT2D eigenvalue weighted by molar-refractivity contribution is 7.21. The fraction of sp³-hybridized carbons (Fsp3) is 0.278. The van der Waals surface area contributed by atoms with E-state index in [9.17, 15) is 4.79 Å². The van der Waals surface area contributed by atoms with E-state index in [1.165, 1.54) is 12.8 Å². The van der Waals surface area contributed by atoms with Crippen molar-refractivity contribution in [1.82, 2.24) is 9.97 Å². The molecule has 2 aromatic heterocycles. The minimum absolute atomic E-state index is 0.311. The van der Waals surface area contributed by atoms with Gasteiger partial charge in [0.05, 0.1) is 17.9 Å². The first-order chi connectivity index (χ1) is 11.7. The summed E-state index contributed by atoms with van der Waals surface area (Å²) in [6, 6.07) is 11.9. The number of pyridine rings is 1. The molecular weight excluding hydrogens is 322 g/mol. The van der Waals surface area contributed by atoms with Crippen molar-refractivity contribution in [3.8, 4) is 11.3 Å². The number of carbonyl (C=O) groups excluding carboxylic acids is 1. The number of benzene rings is 1. The largest absolute Gasteiger partial charge is 0.462 e. The van der Waals surface area contributed by atoms with Gasteiger partial charge in [0.25, 0.3) is 0 Å². The number of carbonyl (C=O) groups is 1. The molecule has 0 atom stereocenters. The Balaban J connectivity index is 1.65. The summed E-state index contributed by atoms with van der Waals surface area (Å²) in [5, 5.41) is 4.34. The van der Waals surface area contributed by atoms with Crippen LogP contribution in [0.1, 0.15) is 30.1 Å². The van der Waals surface area contributed by atoms with Crippen molar-refractivity contribution in [3.63, 3.8) is 0 Å². The Bertz CT molecular complexity index is 902. The van der Waals surface area contributed by atoms with E-state index in [1.807, 2.05) is 30.3 Å². The summed E-state index contributed by atoms with van der Waals surface area (Å²) >= 11 is 1.57. The van der Waals surface area contributed by atoms with Crippen molar-refractivity contribution in [3.05, 3.63) is 42.0 Å². The molecular formula is C18H17N3O2S. The van der Waals surface area contributed by atoms with Crippen LogP contribution in [0.2, 0.25) is 0 Å². The van der Waals surface area contributed by atoms with Crippen molar-refractivity contribution in [2.75, 3.05) is 11.9 Å². The van der Waals surface area contributed by atoms with E-state index in [1.54, 1.807) is 24.3 Å². The first kappa shape index (κ1) is 15.1. The number of nitrogens with one attached hydrogen (secondary N) is 1. The van der Waals surface area contributed by atoms with Gasteiger partial charge in [-0.2, -0.15) is 0 Å². The molecule has 0 saturated heterocycles. The van der Waals surface area contributed by atoms with Gasteiger partial charge in [0.15, 0.2) is 5.13 Å². The number of ether oxygens (including phenoxy) is 1. The predicted octanol–water partition coefficient (Wildman–Crippen LogP) is 4.11. The number of anilines is 1. The van der Waals surface area contributed by atoms with Crippen molar-refractivity contribution in [1.29, 1.82) is 0 Å². The van der Waals surface area contributed by atoms with Crippen LogP contribution in [0.4, 0.5) is 5.13 Å². The predicted molar refractivity (Wildman–Crippen MR) is 95.5 cm³/mol. The third-order valence-electron chi connectivity index (χ3n) is 3.83. The molecule has 1 saturated carbocycles. The Labute approximate surface area is 143 Å². The average molecular weight is 339 g/mol. The number of esters is 1. The molecule has 0 bridgehead atoms. The number of hydrogen-bond acceptors (Lipinski definition) is 6. The van der Waals surface area contributed by atoms with Gasteiger partial charge in [0.2, 0.25) is 0 Å². The van der Waals surface area contributed by atoms with E-state index >= 15 is 0 Å². The molecule has 0 aliphatic heterocycles. The molecule has 0 unspecified atom stereocenters. The highest BCUT2D eigenvalue weighted by Crippen LogP contribution is 2.31. The minimum Gasteiger partial charge on any atom is -0.462 e. The number of thiazole rings is 1. The van der Waals surface area contributed by atoms with Gasteiger partial charge in [0, 0.05) is 11.6 Å². The fourth-order valence-electron chi connectivity index (χ4n) is 2.46. The molecule has 1 aromatic carbocycles. The lowest BCUT2D eigenvalue weighted by Crippen LogP contribution is -2.04. The van der Waals surface area contributed by atoms with Crippen LogP contribution in [0.3, 0.4) is 0 Å². The highest BCUT2D eigenvalue weighted by atomic mass is 32.1. The first-order valence-corrected chi connectivity index (χ1v) is 8.86. The maximum atomic E-state index is 11.9.